The lowest BCUT2D eigenvalue weighted by Crippen LogP contribution is -2.43. The lowest BCUT2D eigenvalue weighted by molar-refractivity contribution is 0.408. The third kappa shape index (κ3) is 5.20. The number of hydrogen-bond acceptors (Lipinski definition) is 3. The van der Waals surface area contributed by atoms with Gasteiger partial charge in [-0.1, -0.05) is 17.7 Å². The van der Waals surface area contributed by atoms with Gasteiger partial charge in [-0.05, 0) is 45.4 Å². The van der Waals surface area contributed by atoms with Crippen molar-refractivity contribution in [3.05, 3.63) is 29.3 Å². The van der Waals surface area contributed by atoms with Crippen molar-refractivity contribution in [3.63, 3.8) is 0 Å². The molecule has 0 unspecified atom stereocenters. The van der Waals surface area contributed by atoms with Crippen LogP contribution in [0.1, 0.15) is 25.0 Å². The van der Waals surface area contributed by atoms with Crippen molar-refractivity contribution in [3.8, 4) is 5.75 Å². The van der Waals surface area contributed by atoms with E-state index in [0.29, 0.717) is 0 Å². The van der Waals surface area contributed by atoms with Crippen LogP contribution in [0.2, 0.25) is 0 Å². The van der Waals surface area contributed by atoms with Gasteiger partial charge >= 0.3 is 0 Å². The Kier molecular flexibility index (Phi) is 4.97. The van der Waals surface area contributed by atoms with E-state index in [4.69, 9.17) is 10.5 Å². The molecule has 0 saturated heterocycles. The molecule has 0 atom stereocenters. The van der Waals surface area contributed by atoms with Crippen molar-refractivity contribution in [2.75, 3.05) is 20.2 Å². The minimum absolute atomic E-state index is 0.156. The van der Waals surface area contributed by atoms with Gasteiger partial charge in [0.15, 0.2) is 0 Å². The first-order valence-corrected chi connectivity index (χ1v) is 6.05. The normalized spacial score (nSPS) is 11.6. The van der Waals surface area contributed by atoms with E-state index in [2.05, 4.69) is 24.4 Å². The second-order valence-corrected chi connectivity index (χ2v) is 5.23. The van der Waals surface area contributed by atoms with Crippen LogP contribution in [0.4, 0.5) is 0 Å². The summed E-state index contributed by atoms with van der Waals surface area (Å²) in [5.74, 6) is 0.962. The van der Waals surface area contributed by atoms with Crippen LogP contribution in [0.5, 0.6) is 5.75 Å². The van der Waals surface area contributed by atoms with Crippen molar-refractivity contribution in [2.45, 2.75) is 32.7 Å². The third-order valence-electron chi connectivity index (χ3n) is 2.59. The molecule has 0 saturated carbocycles. The van der Waals surface area contributed by atoms with Crippen LogP contribution in [0, 0.1) is 6.92 Å². The molecule has 0 radical (unpaired) electrons. The number of benzene rings is 1. The molecule has 3 heteroatoms. The topological polar surface area (TPSA) is 47.3 Å². The fraction of sp³-hybridized carbons (Fsp3) is 0.571. The SMILES string of the molecule is COc1ccc(C)cc1CCNCC(C)(C)N. The number of methoxy groups -OCH3 is 1. The Labute approximate surface area is 104 Å². The van der Waals surface area contributed by atoms with Crippen LogP contribution in [0.3, 0.4) is 0 Å². The molecule has 3 nitrogen and oxygen atoms in total. The summed E-state index contributed by atoms with van der Waals surface area (Å²) in [6.45, 7) is 7.88. The summed E-state index contributed by atoms with van der Waals surface area (Å²) < 4.78 is 5.35. The van der Waals surface area contributed by atoms with E-state index < -0.39 is 0 Å². The molecule has 17 heavy (non-hydrogen) atoms. The first-order chi connectivity index (χ1) is 7.92. The fourth-order valence-corrected chi connectivity index (χ4v) is 1.74. The summed E-state index contributed by atoms with van der Waals surface area (Å²) in [5, 5.41) is 3.36. The molecule has 1 rings (SSSR count). The Morgan fingerprint density at radius 3 is 2.65 bits per heavy atom. The van der Waals surface area contributed by atoms with Gasteiger partial charge < -0.3 is 15.8 Å². The molecule has 0 aromatic heterocycles. The zero-order valence-electron chi connectivity index (χ0n) is 11.3. The van der Waals surface area contributed by atoms with Gasteiger partial charge in [-0.2, -0.15) is 0 Å². The van der Waals surface area contributed by atoms with Crippen molar-refractivity contribution < 1.29 is 4.74 Å². The van der Waals surface area contributed by atoms with E-state index in [1.807, 2.05) is 19.9 Å². The summed E-state index contributed by atoms with van der Waals surface area (Å²) >= 11 is 0. The van der Waals surface area contributed by atoms with Gasteiger partial charge in [0.1, 0.15) is 5.75 Å². The van der Waals surface area contributed by atoms with Crippen LogP contribution >= 0.6 is 0 Å². The second-order valence-electron chi connectivity index (χ2n) is 5.23. The molecule has 0 fully saturated rings. The van der Waals surface area contributed by atoms with E-state index in [9.17, 15) is 0 Å². The number of ether oxygens (including phenoxy) is 1. The third-order valence-corrected chi connectivity index (χ3v) is 2.59. The smallest absolute Gasteiger partial charge is 0.122 e. The van der Waals surface area contributed by atoms with Crippen molar-refractivity contribution >= 4 is 0 Å². The summed E-state index contributed by atoms with van der Waals surface area (Å²) in [6, 6.07) is 6.27. The van der Waals surface area contributed by atoms with Gasteiger partial charge in [0.2, 0.25) is 0 Å². The predicted octanol–water partition coefficient (Wildman–Crippen LogP) is 1.87. The Bertz CT molecular complexity index is 356. The standard InChI is InChI=1S/C14H24N2O/c1-11-5-6-13(17-4)12(9-11)7-8-16-10-14(2,3)15/h5-6,9,16H,7-8,10,15H2,1-4H3. The van der Waals surface area contributed by atoms with Gasteiger partial charge in [0, 0.05) is 12.1 Å². The van der Waals surface area contributed by atoms with Crippen LogP contribution in [0.25, 0.3) is 0 Å². The van der Waals surface area contributed by atoms with Crippen LogP contribution in [-0.2, 0) is 6.42 Å². The highest BCUT2D eigenvalue weighted by Gasteiger charge is 2.09. The Balaban J connectivity index is 2.48. The van der Waals surface area contributed by atoms with Crippen molar-refractivity contribution in [1.82, 2.24) is 5.32 Å². The molecule has 96 valence electrons. The van der Waals surface area contributed by atoms with Gasteiger partial charge in [-0.3, -0.25) is 0 Å². The molecular formula is C14H24N2O. The van der Waals surface area contributed by atoms with Crippen LogP contribution in [0.15, 0.2) is 18.2 Å². The average molecular weight is 236 g/mol. The number of aryl methyl sites for hydroxylation is 1. The first-order valence-electron chi connectivity index (χ1n) is 6.05. The summed E-state index contributed by atoms with van der Waals surface area (Å²) in [7, 11) is 1.71. The highest BCUT2D eigenvalue weighted by atomic mass is 16.5. The molecule has 0 aliphatic carbocycles. The van der Waals surface area contributed by atoms with E-state index in [1.165, 1.54) is 11.1 Å². The van der Waals surface area contributed by atoms with Gasteiger partial charge in [-0.25, -0.2) is 0 Å². The van der Waals surface area contributed by atoms with Crippen LogP contribution in [-0.4, -0.2) is 25.7 Å². The molecule has 0 bridgehead atoms. The highest BCUT2D eigenvalue weighted by Crippen LogP contribution is 2.19. The first kappa shape index (κ1) is 14.0. The minimum Gasteiger partial charge on any atom is -0.496 e. The minimum atomic E-state index is -0.156. The maximum atomic E-state index is 5.91. The predicted molar refractivity (Wildman–Crippen MR) is 72.6 cm³/mol. The number of rotatable bonds is 6. The molecule has 1 aromatic rings. The number of nitrogens with one attached hydrogen (secondary N) is 1. The molecule has 0 aliphatic heterocycles. The van der Waals surface area contributed by atoms with Gasteiger partial charge in [-0.15, -0.1) is 0 Å². The second kappa shape index (κ2) is 6.03. The molecular weight excluding hydrogens is 212 g/mol. The van der Waals surface area contributed by atoms with Crippen molar-refractivity contribution in [2.24, 2.45) is 5.73 Å². The van der Waals surface area contributed by atoms with Gasteiger partial charge in [0.05, 0.1) is 7.11 Å². The highest BCUT2D eigenvalue weighted by molar-refractivity contribution is 5.37. The lowest BCUT2D eigenvalue weighted by atomic mass is 10.1. The average Bonchev–Trinajstić information content (AvgIpc) is 2.23. The maximum absolute atomic E-state index is 5.91. The summed E-state index contributed by atoms with van der Waals surface area (Å²) in [6.07, 6.45) is 0.959. The Hall–Kier alpha value is -1.06. The monoisotopic (exact) mass is 236 g/mol. The van der Waals surface area contributed by atoms with Crippen molar-refractivity contribution in [1.29, 1.82) is 0 Å². The molecule has 0 spiro atoms. The number of hydrogen-bond donors (Lipinski definition) is 2. The molecule has 0 amide bonds. The number of nitrogens with two attached hydrogens (primary N) is 1. The zero-order valence-corrected chi connectivity index (χ0v) is 11.3. The summed E-state index contributed by atoms with van der Waals surface area (Å²) in [4.78, 5) is 0. The maximum Gasteiger partial charge on any atom is 0.122 e. The largest absolute Gasteiger partial charge is 0.496 e. The van der Waals surface area contributed by atoms with E-state index in [0.717, 1.165) is 25.3 Å². The fourth-order valence-electron chi connectivity index (χ4n) is 1.74. The quantitative estimate of drug-likeness (QED) is 0.741. The van der Waals surface area contributed by atoms with E-state index in [1.54, 1.807) is 7.11 Å². The Morgan fingerprint density at radius 2 is 2.06 bits per heavy atom. The molecule has 0 aliphatic rings. The molecule has 1 aromatic carbocycles. The molecule has 0 heterocycles. The summed E-state index contributed by atoms with van der Waals surface area (Å²) in [5.41, 5.74) is 8.26. The lowest BCUT2D eigenvalue weighted by Gasteiger charge is -2.19. The van der Waals surface area contributed by atoms with Crippen LogP contribution < -0.4 is 15.8 Å². The zero-order chi connectivity index (χ0) is 12.9. The van der Waals surface area contributed by atoms with E-state index >= 15 is 0 Å². The molecule has 3 N–H and O–H groups in total. The Morgan fingerprint density at radius 1 is 1.35 bits per heavy atom. The van der Waals surface area contributed by atoms with E-state index in [-0.39, 0.29) is 5.54 Å². The van der Waals surface area contributed by atoms with Gasteiger partial charge in [0.25, 0.3) is 0 Å².